The van der Waals surface area contributed by atoms with Gasteiger partial charge in [-0.3, -0.25) is 4.79 Å². The highest BCUT2D eigenvalue weighted by atomic mass is 16.5. The van der Waals surface area contributed by atoms with E-state index in [1.807, 2.05) is 6.92 Å². The van der Waals surface area contributed by atoms with E-state index in [1.165, 1.54) is 0 Å². The Kier molecular flexibility index (Phi) is 4.70. The molecule has 0 bridgehead atoms. The van der Waals surface area contributed by atoms with Crippen LogP contribution in [0.3, 0.4) is 0 Å². The monoisotopic (exact) mass is 230 g/mol. The number of carbonyl (C=O) groups is 1. The van der Waals surface area contributed by atoms with Gasteiger partial charge < -0.3 is 20.5 Å². The molecule has 0 spiro atoms. The van der Waals surface area contributed by atoms with Crippen molar-refractivity contribution >= 4 is 5.97 Å². The van der Waals surface area contributed by atoms with Crippen molar-refractivity contribution in [1.82, 2.24) is 4.90 Å². The fourth-order valence-corrected chi connectivity index (χ4v) is 1.78. The molecule has 0 aromatic carbocycles. The first-order valence-corrected chi connectivity index (χ1v) is 5.78. The highest BCUT2D eigenvalue weighted by Crippen LogP contribution is 2.10. The van der Waals surface area contributed by atoms with Crippen molar-refractivity contribution in [2.24, 2.45) is 5.73 Å². The van der Waals surface area contributed by atoms with Gasteiger partial charge >= 0.3 is 5.97 Å². The third kappa shape index (κ3) is 4.08. The van der Waals surface area contributed by atoms with E-state index in [2.05, 4.69) is 4.90 Å². The van der Waals surface area contributed by atoms with Gasteiger partial charge in [0.25, 0.3) is 0 Å². The van der Waals surface area contributed by atoms with Crippen LogP contribution < -0.4 is 5.73 Å². The smallest absolute Gasteiger partial charge is 0.323 e. The summed E-state index contributed by atoms with van der Waals surface area (Å²) in [4.78, 5) is 13.1. The van der Waals surface area contributed by atoms with Gasteiger partial charge in [-0.25, -0.2) is 0 Å². The van der Waals surface area contributed by atoms with Crippen LogP contribution in [0.1, 0.15) is 26.7 Å². The summed E-state index contributed by atoms with van der Waals surface area (Å²) in [6.07, 6.45) is 1.68. The average molecular weight is 230 g/mol. The molecule has 5 heteroatoms. The molecule has 0 aliphatic carbocycles. The molecule has 16 heavy (non-hydrogen) atoms. The van der Waals surface area contributed by atoms with E-state index in [0.29, 0.717) is 13.0 Å². The quantitative estimate of drug-likeness (QED) is 0.726. The lowest BCUT2D eigenvalue weighted by atomic mass is 9.99. The van der Waals surface area contributed by atoms with Gasteiger partial charge in [0.1, 0.15) is 5.54 Å². The van der Waals surface area contributed by atoms with Crippen molar-refractivity contribution in [3.05, 3.63) is 0 Å². The average Bonchev–Trinajstić information content (AvgIpc) is 2.39. The summed E-state index contributed by atoms with van der Waals surface area (Å²) < 4.78 is 5.52. The standard InChI is InChI=1S/C11H22N2O3/c1-9-8-13(5-3-7-16-9)6-4-11(2,12)10(14)15/h9H,3-8,12H2,1-2H3,(H,14,15). The second-order valence-corrected chi connectivity index (χ2v) is 4.81. The van der Waals surface area contributed by atoms with Gasteiger partial charge in [-0.1, -0.05) is 0 Å². The predicted molar refractivity (Wildman–Crippen MR) is 61.3 cm³/mol. The van der Waals surface area contributed by atoms with Gasteiger partial charge in [-0.15, -0.1) is 0 Å². The maximum atomic E-state index is 10.9. The van der Waals surface area contributed by atoms with Gasteiger partial charge in [0.15, 0.2) is 0 Å². The number of hydrogen-bond donors (Lipinski definition) is 2. The molecule has 0 aromatic heterocycles. The van der Waals surface area contributed by atoms with Crippen molar-refractivity contribution in [3.8, 4) is 0 Å². The van der Waals surface area contributed by atoms with Crippen molar-refractivity contribution in [3.63, 3.8) is 0 Å². The minimum absolute atomic E-state index is 0.219. The van der Waals surface area contributed by atoms with Crippen LogP contribution in [0.5, 0.6) is 0 Å². The Balaban J connectivity index is 2.39. The van der Waals surface area contributed by atoms with Gasteiger partial charge in [-0.2, -0.15) is 0 Å². The van der Waals surface area contributed by atoms with Gasteiger partial charge in [0, 0.05) is 26.2 Å². The number of carboxylic acid groups (broad SMARTS) is 1. The summed E-state index contributed by atoms with van der Waals surface area (Å²) in [7, 11) is 0. The molecule has 1 rings (SSSR count). The van der Waals surface area contributed by atoms with Crippen molar-refractivity contribution in [2.75, 3.05) is 26.2 Å². The highest BCUT2D eigenvalue weighted by Gasteiger charge is 2.28. The van der Waals surface area contributed by atoms with Crippen LogP contribution in [-0.2, 0) is 9.53 Å². The van der Waals surface area contributed by atoms with E-state index in [1.54, 1.807) is 6.92 Å². The van der Waals surface area contributed by atoms with E-state index < -0.39 is 11.5 Å². The molecular weight excluding hydrogens is 208 g/mol. The molecule has 0 saturated carbocycles. The lowest BCUT2D eigenvalue weighted by molar-refractivity contribution is -0.143. The normalized spacial score (nSPS) is 27.1. The van der Waals surface area contributed by atoms with Crippen molar-refractivity contribution in [2.45, 2.75) is 38.3 Å². The number of carboxylic acids is 1. The molecule has 1 heterocycles. The fraction of sp³-hybridized carbons (Fsp3) is 0.909. The van der Waals surface area contributed by atoms with Gasteiger partial charge in [-0.05, 0) is 26.7 Å². The molecule has 0 amide bonds. The SMILES string of the molecule is CC1CN(CCC(C)(N)C(=O)O)CCCO1. The van der Waals surface area contributed by atoms with Crippen LogP contribution in [0.2, 0.25) is 0 Å². The summed E-state index contributed by atoms with van der Waals surface area (Å²) in [6, 6.07) is 0. The first-order chi connectivity index (χ1) is 7.42. The molecule has 94 valence electrons. The molecule has 2 unspecified atom stereocenters. The zero-order valence-electron chi connectivity index (χ0n) is 10.1. The third-order valence-electron chi connectivity index (χ3n) is 2.97. The van der Waals surface area contributed by atoms with Gasteiger partial charge in [0.05, 0.1) is 6.10 Å². The van der Waals surface area contributed by atoms with Crippen LogP contribution >= 0.6 is 0 Å². The van der Waals surface area contributed by atoms with E-state index >= 15 is 0 Å². The van der Waals surface area contributed by atoms with Crippen LogP contribution in [0, 0.1) is 0 Å². The number of nitrogens with zero attached hydrogens (tertiary/aromatic N) is 1. The molecule has 5 nitrogen and oxygen atoms in total. The van der Waals surface area contributed by atoms with E-state index in [4.69, 9.17) is 15.6 Å². The van der Waals surface area contributed by atoms with E-state index in [-0.39, 0.29) is 6.10 Å². The van der Waals surface area contributed by atoms with Crippen LogP contribution in [0.4, 0.5) is 0 Å². The first kappa shape index (κ1) is 13.4. The zero-order valence-corrected chi connectivity index (χ0v) is 10.1. The predicted octanol–water partition coefficient (Wildman–Crippen LogP) is 0.289. The molecule has 1 fully saturated rings. The summed E-state index contributed by atoms with van der Waals surface area (Å²) in [5.74, 6) is -0.938. The highest BCUT2D eigenvalue weighted by molar-refractivity contribution is 5.77. The number of rotatable bonds is 4. The Morgan fingerprint density at radius 2 is 2.38 bits per heavy atom. The Morgan fingerprint density at radius 1 is 1.69 bits per heavy atom. The molecule has 1 aliphatic rings. The molecule has 2 atom stereocenters. The number of ether oxygens (including phenoxy) is 1. The molecule has 0 aromatic rings. The van der Waals surface area contributed by atoms with Crippen molar-refractivity contribution in [1.29, 1.82) is 0 Å². The molecule has 0 radical (unpaired) electrons. The van der Waals surface area contributed by atoms with Crippen molar-refractivity contribution < 1.29 is 14.6 Å². The lowest BCUT2D eigenvalue weighted by Crippen LogP contribution is -2.47. The largest absolute Gasteiger partial charge is 0.480 e. The second kappa shape index (κ2) is 5.61. The molecule has 3 N–H and O–H groups in total. The molecular formula is C11H22N2O3. The van der Waals surface area contributed by atoms with Crippen LogP contribution in [0.15, 0.2) is 0 Å². The molecule has 1 saturated heterocycles. The Hall–Kier alpha value is -0.650. The Bertz CT molecular complexity index is 243. The molecule has 1 aliphatic heterocycles. The minimum Gasteiger partial charge on any atom is -0.480 e. The second-order valence-electron chi connectivity index (χ2n) is 4.81. The summed E-state index contributed by atoms with van der Waals surface area (Å²) in [5, 5.41) is 8.91. The lowest BCUT2D eigenvalue weighted by Gasteiger charge is -2.26. The summed E-state index contributed by atoms with van der Waals surface area (Å²) >= 11 is 0. The van der Waals surface area contributed by atoms with E-state index in [9.17, 15) is 4.79 Å². The Morgan fingerprint density at radius 3 is 3.00 bits per heavy atom. The summed E-state index contributed by atoms with van der Waals surface area (Å²) in [6.45, 7) is 6.92. The van der Waals surface area contributed by atoms with E-state index in [0.717, 1.165) is 26.1 Å². The fourth-order valence-electron chi connectivity index (χ4n) is 1.78. The topological polar surface area (TPSA) is 75.8 Å². The summed E-state index contributed by atoms with van der Waals surface area (Å²) in [5.41, 5.74) is 4.56. The third-order valence-corrected chi connectivity index (χ3v) is 2.97. The number of nitrogens with two attached hydrogens (primary N) is 1. The maximum Gasteiger partial charge on any atom is 0.323 e. The van der Waals surface area contributed by atoms with Crippen LogP contribution in [0.25, 0.3) is 0 Å². The number of hydrogen-bond acceptors (Lipinski definition) is 4. The minimum atomic E-state index is -1.13. The zero-order chi connectivity index (χ0) is 12.2. The number of aliphatic carboxylic acids is 1. The first-order valence-electron chi connectivity index (χ1n) is 5.78. The van der Waals surface area contributed by atoms with Gasteiger partial charge in [0.2, 0.25) is 0 Å². The maximum absolute atomic E-state index is 10.9. The Labute approximate surface area is 96.6 Å². The van der Waals surface area contributed by atoms with Crippen LogP contribution in [-0.4, -0.2) is 53.9 Å².